The smallest absolute Gasteiger partial charge is 0.286 e. The normalized spacial score (nSPS) is 21.8. The fourth-order valence-electron chi connectivity index (χ4n) is 4.19. The Morgan fingerprint density at radius 3 is 2.75 bits per heavy atom. The van der Waals surface area contributed by atoms with Crippen molar-refractivity contribution >= 4 is 11.8 Å². The molecule has 1 aromatic rings. The Morgan fingerprint density at radius 1 is 1.17 bits per heavy atom. The van der Waals surface area contributed by atoms with Crippen LogP contribution in [0.4, 0.5) is 0 Å². The van der Waals surface area contributed by atoms with Crippen molar-refractivity contribution in [3.63, 3.8) is 0 Å². The average Bonchev–Trinajstić information content (AvgIpc) is 3.30. The van der Waals surface area contributed by atoms with Crippen molar-refractivity contribution in [2.24, 2.45) is 5.92 Å². The number of hydrogen-bond donors (Lipinski definition) is 1. The zero-order valence-electron chi connectivity index (χ0n) is 14.3. The summed E-state index contributed by atoms with van der Waals surface area (Å²) in [5.41, 5.74) is 0. The number of likely N-dealkylation sites (tertiary alicyclic amines) is 1. The number of nitrogens with zero attached hydrogens (tertiary/aromatic N) is 1. The summed E-state index contributed by atoms with van der Waals surface area (Å²) in [5, 5.41) is 2.80. The fraction of sp³-hybridized carbons (Fsp3) is 0.684. The molecule has 1 N–H and O–H groups in total. The van der Waals surface area contributed by atoms with Crippen LogP contribution in [-0.2, 0) is 4.79 Å². The molecule has 2 heterocycles. The molecule has 0 bridgehead atoms. The lowest BCUT2D eigenvalue weighted by Crippen LogP contribution is -2.41. The van der Waals surface area contributed by atoms with E-state index >= 15 is 0 Å². The summed E-state index contributed by atoms with van der Waals surface area (Å²) < 4.78 is 5.05. The summed E-state index contributed by atoms with van der Waals surface area (Å²) >= 11 is 0. The second-order valence-electron chi connectivity index (χ2n) is 7.03. The van der Waals surface area contributed by atoms with E-state index in [2.05, 4.69) is 10.2 Å². The largest absolute Gasteiger partial charge is 0.459 e. The maximum Gasteiger partial charge on any atom is 0.286 e. The molecule has 1 saturated heterocycles. The Labute approximate surface area is 143 Å². The van der Waals surface area contributed by atoms with E-state index in [4.69, 9.17) is 4.42 Å². The number of carbonyl (C=O) groups is 2. The lowest BCUT2D eigenvalue weighted by molar-refractivity contribution is -0.133. The Hall–Kier alpha value is -1.78. The van der Waals surface area contributed by atoms with Crippen molar-refractivity contribution in [1.82, 2.24) is 10.2 Å². The topological polar surface area (TPSA) is 62.6 Å². The number of carbonyl (C=O) groups excluding carboxylic acids is 2. The van der Waals surface area contributed by atoms with Crippen LogP contribution in [-0.4, -0.2) is 35.8 Å². The first-order chi connectivity index (χ1) is 11.8. The summed E-state index contributed by atoms with van der Waals surface area (Å²) in [6.45, 7) is 1.42. The molecule has 2 aliphatic rings. The summed E-state index contributed by atoms with van der Waals surface area (Å²) in [5.74, 6) is 1.08. The van der Waals surface area contributed by atoms with Crippen molar-refractivity contribution in [2.75, 3.05) is 13.1 Å². The number of nitrogens with one attached hydrogen (secondary N) is 1. The lowest BCUT2D eigenvalue weighted by Gasteiger charge is -2.34. The van der Waals surface area contributed by atoms with E-state index in [0.717, 1.165) is 13.0 Å². The fourth-order valence-corrected chi connectivity index (χ4v) is 4.19. The zero-order valence-corrected chi connectivity index (χ0v) is 14.3. The van der Waals surface area contributed by atoms with Gasteiger partial charge in [-0.05, 0) is 50.2 Å². The highest BCUT2D eigenvalue weighted by atomic mass is 16.3. The average molecular weight is 332 g/mol. The van der Waals surface area contributed by atoms with Crippen LogP contribution in [0.15, 0.2) is 22.8 Å². The molecule has 24 heavy (non-hydrogen) atoms. The molecule has 5 nitrogen and oxygen atoms in total. The zero-order chi connectivity index (χ0) is 16.8. The molecule has 1 saturated carbocycles. The molecular formula is C19H28N2O3. The van der Waals surface area contributed by atoms with Gasteiger partial charge in [0.2, 0.25) is 5.91 Å². The maximum atomic E-state index is 12.6. The molecule has 1 aliphatic heterocycles. The van der Waals surface area contributed by atoms with E-state index in [1.165, 1.54) is 44.8 Å². The predicted molar refractivity (Wildman–Crippen MR) is 91.6 cm³/mol. The van der Waals surface area contributed by atoms with Crippen molar-refractivity contribution in [2.45, 2.75) is 63.8 Å². The van der Waals surface area contributed by atoms with Crippen LogP contribution in [0.25, 0.3) is 0 Å². The van der Waals surface area contributed by atoms with Crippen molar-refractivity contribution in [3.05, 3.63) is 24.2 Å². The highest BCUT2D eigenvalue weighted by Crippen LogP contribution is 2.34. The van der Waals surface area contributed by atoms with Gasteiger partial charge in [0, 0.05) is 25.6 Å². The Morgan fingerprint density at radius 2 is 2.00 bits per heavy atom. The van der Waals surface area contributed by atoms with E-state index in [-0.39, 0.29) is 11.8 Å². The third-order valence-corrected chi connectivity index (χ3v) is 5.41. The molecule has 1 aromatic heterocycles. The van der Waals surface area contributed by atoms with Crippen LogP contribution >= 0.6 is 0 Å². The van der Waals surface area contributed by atoms with Gasteiger partial charge in [-0.3, -0.25) is 9.59 Å². The minimum absolute atomic E-state index is 0.214. The highest BCUT2D eigenvalue weighted by Gasteiger charge is 2.34. The molecule has 0 radical (unpaired) electrons. The molecule has 1 atom stereocenters. The second-order valence-corrected chi connectivity index (χ2v) is 7.03. The van der Waals surface area contributed by atoms with Crippen LogP contribution in [0, 0.1) is 5.92 Å². The Bertz CT molecular complexity index is 535. The molecule has 5 heteroatoms. The highest BCUT2D eigenvalue weighted by molar-refractivity contribution is 5.91. The van der Waals surface area contributed by atoms with Crippen LogP contribution in [0.1, 0.15) is 68.3 Å². The van der Waals surface area contributed by atoms with Gasteiger partial charge in [-0.1, -0.05) is 19.3 Å². The van der Waals surface area contributed by atoms with Gasteiger partial charge >= 0.3 is 0 Å². The first-order valence-electron chi connectivity index (χ1n) is 9.37. The van der Waals surface area contributed by atoms with Gasteiger partial charge in [0.05, 0.1) is 6.26 Å². The van der Waals surface area contributed by atoms with E-state index in [1.54, 1.807) is 12.1 Å². The first kappa shape index (κ1) is 17.1. The first-order valence-corrected chi connectivity index (χ1v) is 9.37. The SMILES string of the molecule is O=C(NCCCC(=O)N1CCC[C@@H]1C1CCCCC1)c1ccco1. The van der Waals surface area contributed by atoms with Gasteiger partial charge in [0.25, 0.3) is 5.91 Å². The summed E-state index contributed by atoms with van der Waals surface area (Å²) in [6.07, 6.45) is 11.6. The number of furan rings is 1. The third-order valence-electron chi connectivity index (χ3n) is 5.41. The lowest BCUT2D eigenvalue weighted by atomic mass is 9.83. The minimum Gasteiger partial charge on any atom is -0.459 e. The molecule has 3 rings (SSSR count). The molecule has 0 aromatic carbocycles. The van der Waals surface area contributed by atoms with Gasteiger partial charge in [-0.2, -0.15) is 0 Å². The quantitative estimate of drug-likeness (QED) is 0.813. The Kier molecular flexibility index (Phi) is 5.94. The molecule has 0 spiro atoms. The molecule has 0 unspecified atom stereocenters. The minimum atomic E-state index is -0.214. The van der Waals surface area contributed by atoms with Gasteiger partial charge in [-0.15, -0.1) is 0 Å². The van der Waals surface area contributed by atoms with Crippen LogP contribution in [0.5, 0.6) is 0 Å². The molecule has 132 valence electrons. The van der Waals surface area contributed by atoms with Crippen LogP contribution in [0.2, 0.25) is 0 Å². The van der Waals surface area contributed by atoms with Gasteiger partial charge in [0.15, 0.2) is 5.76 Å². The molecular weight excluding hydrogens is 304 g/mol. The monoisotopic (exact) mass is 332 g/mol. The third kappa shape index (κ3) is 4.19. The van der Waals surface area contributed by atoms with E-state index in [9.17, 15) is 9.59 Å². The van der Waals surface area contributed by atoms with E-state index < -0.39 is 0 Å². The maximum absolute atomic E-state index is 12.6. The summed E-state index contributed by atoms with van der Waals surface area (Å²) in [6, 6.07) is 3.80. The van der Waals surface area contributed by atoms with Gasteiger partial charge < -0.3 is 14.6 Å². The molecule has 1 aliphatic carbocycles. The number of rotatable bonds is 6. The Balaban J connectivity index is 1.40. The van der Waals surface area contributed by atoms with Gasteiger partial charge in [0.1, 0.15) is 0 Å². The van der Waals surface area contributed by atoms with Crippen molar-refractivity contribution in [1.29, 1.82) is 0 Å². The second kappa shape index (κ2) is 8.36. The van der Waals surface area contributed by atoms with Crippen molar-refractivity contribution in [3.8, 4) is 0 Å². The van der Waals surface area contributed by atoms with E-state index in [1.807, 2.05) is 0 Å². The van der Waals surface area contributed by atoms with Crippen LogP contribution in [0.3, 0.4) is 0 Å². The summed E-state index contributed by atoms with van der Waals surface area (Å²) in [4.78, 5) is 26.5. The predicted octanol–water partition coefficient (Wildman–Crippen LogP) is 3.36. The number of hydrogen-bond acceptors (Lipinski definition) is 3. The van der Waals surface area contributed by atoms with Gasteiger partial charge in [-0.25, -0.2) is 0 Å². The standard InChI is InChI=1S/C19H28N2O3/c22-18(11-4-12-20-19(23)17-10-6-14-24-17)21-13-5-9-16(21)15-7-2-1-3-8-15/h6,10,14-16H,1-5,7-9,11-13H2,(H,20,23)/t16-/m1/s1. The molecule has 2 amide bonds. The van der Waals surface area contributed by atoms with E-state index in [0.29, 0.717) is 37.1 Å². The molecule has 2 fully saturated rings. The number of amides is 2. The summed E-state index contributed by atoms with van der Waals surface area (Å²) in [7, 11) is 0. The van der Waals surface area contributed by atoms with Crippen molar-refractivity contribution < 1.29 is 14.0 Å². The van der Waals surface area contributed by atoms with Crippen LogP contribution < -0.4 is 5.32 Å².